The van der Waals surface area contributed by atoms with E-state index < -0.39 is 17.4 Å². The first-order valence-electron chi connectivity index (χ1n) is 9.20. The molecular formula is C19H32ClCuNO3. The van der Waals surface area contributed by atoms with Gasteiger partial charge in [0.2, 0.25) is 0 Å². The Morgan fingerprint density at radius 3 is 1.80 bits per heavy atom. The van der Waals surface area contributed by atoms with Crippen LogP contribution in [-0.4, -0.2) is 23.6 Å². The van der Waals surface area contributed by atoms with Gasteiger partial charge in [-0.15, -0.1) is 11.6 Å². The first-order valence-corrected chi connectivity index (χ1v) is 9.73. The van der Waals surface area contributed by atoms with Crippen molar-refractivity contribution < 1.29 is 31.7 Å². The van der Waals surface area contributed by atoms with E-state index in [1.807, 2.05) is 0 Å². The van der Waals surface area contributed by atoms with E-state index in [9.17, 15) is 9.90 Å². The molecule has 0 heterocycles. The normalized spacial score (nSPS) is 11.2. The van der Waals surface area contributed by atoms with Crippen molar-refractivity contribution in [3.8, 4) is 0 Å². The molecule has 0 bridgehead atoms. The molecule has 6 heteroatoms. The molecule has 25 heavy (non-hydrogen) atoms. The first-order chi connectivity index (χ1) is 11.7. The third kappa shape index (κ3) is 15.3. The van der Waals surface area contributed by atoms with Crippen molar-refractivity contribution in [2.45, 2.75) is 84.0 Å². The number of carbonyl (C=O) groups excluding carboxylic acids is 1. The number of aliphatic hydroxyl groups is 1. The molecule has 1 N–H and O–H groups in total. The van der Waals surface area contributed by atoms with Gasteiger partial charge in [0.1, 0.15) is 5.76 Å². The van der Waals surface area contributed by atoms with Crippen LogP contribution in [0.5, 0.6) is 0 Å². The largest absolute Gasteiger partial charge is 0.522 e. The van der Waals surface area contributed by atoms with Crippen LogP contribution < -0.4 is 0 Å². The Kier molecular flexibility index (Phi) is 20.8. The van der Waals surface area contributed by atoms with Crippen molar-refractivity contribution in [2.24, 2.45) is 0 Å². The van der Waals surface area contributed by atoms with Gasteiger partial charge in [-0.05, 0) is 6.42 Å². The minimum Gasteiger partial charge on any atom is -0.522 e. The average Bonchev–Trinajstić information content (AvgIpc) is 2.59. The number of rotatable bonds is 15. The third-order valence-electron chi connectivity index (χ3n) is 3.94. The summed E-state index contributed by atoms with van der Waals surface area (Å²) in [6.45, 7) is 9.37. The Hall–Kier alpha value is -0.691. The van der Waals surface area contributed by atoms with Gasteiger partial charge in [0, 0.05) is 17.1 Å². The van der Waals surface area contributed by atoms with Crippen LogP contribution in [-0.2, 0) is 26.6 Å². The van der Waals surface area contributed by atoms with E-state index in [-0.39, 0.29) is 29.6 Å². The number of ether oxygens (including phenoxy) is 1. The van der Waals surface area contributed by atoms with Gasteiger partial charge in [-0.25, -0.2) is 4.85 Å². The predicted octanol–water partition coefficient (Wildman–Crippen LogP) is 6.16. The zero-order chi connectivity index (χ0) is 18.0. The summed E-state index contributed by atoms with van der Waals surface area (Å²) >= 11 is 5.40. The fourth-order valence-electron chi connectivity index (χ4n) is 2.47. The van der Waals surface area contributed by atoms with Crippen molar-refractivity contribution in [1.82, 2.24) is 0 Å². The van der Waals surface area contributed by atoms with Gasteiger partial charge in [-0.3, -0.25) is 4.79 Å². The number of halogens is 1. The van der Waals surface area contributed by atoms with E-state index in [2.05, 4.69) is 11.8 Å². The Bertz CT molecular complexity index is 408. The molecule has 0 aromatic heterocycles. The number of alkyl halides is 1. The van der Waals surface area contributed by atoms with Gasteiger partial charge in [-0.1, -0.05) is 77.6 Å². The van der Waals surface area contributed by atoms with Gasteiger partial charge in [-0.2, -0.15) is 0 Å². The average molecular weight is 421 g/mol. The number of allylic oxidation sites excluding steroid dienone is 1. The van der Waals surface area contributed by atoms with E-state index >= 15 is 0 Å². The van der Waals surface area contributed by atoms with Crippen LogP contribution in [0.4, 0.5) is 0 Å². The molecular weight excluding hydrogens is 389 g/mol. The van der Waals surface area contributed by atoms with Gasteiger partial charge in [0.15, 0.2) is 0 Å². The molecule has 0 aliphatic rings. The number of unbranched alkanes of at least 4 members (excludes halogenated alkanes) is 11. The van der Waals surface area contributed by atoms with Crippen molar-refractivity contribution in [2.75, 3.05) is 12.5 Å². The van der Waals surface area contributed by atoms with Gasteiger partial charge >= 0.3 is 11.7 Å². The number of hydrogen-bond acceptors (Lipinski definition) is 3. The zero-order valence-electron chi connectivity index (χ0n) is 15.3. The quantitative estimate of drug-likeness (QED) is 0.0656. The molecule has 0 spiro atoms. The van der Waals surface area contributed by atoms with Crippen molar-refractivity contribution in [3.63, 3.8) is 0 Å². The second kappa shape index (κ2) is 19.6. The second-order valence-electron chi connectivity index (χ2n) is 6.07. The van der Waals surface area contributed by atoms with E-state index in [4.69, 9.17) is 22.9 Å². The van der Waals surface area contributed by atoms with Crippen molar-refractivity contribution in [3.05, 3.63) is 22.9 Å². The minimum atomic E-state index is -0.786. The monoisotopic (exact) mass is 420 g/mol. The molecule has 0 fully saturated rings. The Morgan fingerprint density at radius 1 is 0.960 bits per heavy atom. The first kappa shape index (κ1) is 26.5. The van der Waals surface area contributed by atoms with Crippen LogP contribution in [0, 0.1) is 6.57 Å². The predicted molar refractivity (Wildman–Crippen MR) is 99.0 cm³/mol. The number of hydrogen-bond donors (Lipinski definition) is 1. The fraction of sp³-hybridized carbons (Fsp3) is 0.789. The second-order valence-corrected chi connectivity index (χ2v) is 6.33. The molecule has 0 unspecified atom stereocenters. The molecule has 0 aromatic rings. The number of esters is 1. The van der Waals surface area contributed by atoms with Crippen LogP contribution in [0.25, 0.3) is 4.85 Å². The van der Waals surface area contributed by atoms with Gasteiger partial charge in [0.25, 0.3) is 0 Å². The zero-order valence-corrected chi connectivity index (χ0v) is 17.0. The van der Waals surface area contributed by atoms with E-state index in [0.29, 0.717) is 0 Å². The summed E-state index contributed by atoms with van der Waals surface area (Å²) in [4.78, 5) is 14.5. The van der Waals surface area contributed by atoms with Crippen molar-refractivity contribution in [1.29, 1.82) is 0 Å². The SMILES string of the molecule is [C-]#[N+]/C(C(=O)OCCCCCCCCCCCCCC)=C(/O)CCl.[Cu]. The Balaban J connectivity index is 0. The summed E-state index contributed by atoms with van der Waals surface area (Å²) < 4.78 is 4.98. The van der Waals surface area contributed by atoms with E-state index in [0.717, 1.165) is 19.3 Å². The topological polar surface area (TPSA) is 50.9 Å². The molecule has 0 aromatic carbocycles. The molecule has 0 aliphatic carbocycles. The molecule has 0 rings (SSSR count). The van der Waals surface area contributed by atoms with Crippen LogP contribution in [0.2, 0.25) is 0 Å². The van der Waals surface area contributed by atoms with Crippen LogP contribution in [0.15, 0.2) is 11.5 Å². The molecule has 0 saturated carbocycles. The molecule has 0 atom stereocenters. The van der Waals surface area contributed by atoms with Crippen molar-refractivity contribution >= 4 is 17.6 Å². The summed E-state index contributed by atoms with van der Waals surface area (Å²) in [5.74, 6) is -1.47. The van der Waals surface area contributed by atoms with Gasteiger partial charge < -0.3 is 9.84 Å². The van der Waals surface area contributed by atoms with Gasteiger partial charge in [0.05, 0.1) is 19.1 Å². The standard InChI is InChI=1S/C19H32ClNO3.Cu/c1-3-4-5-6-7-8-9-10-11-12-13-14-15-24-19(23)18(21-2)17(22)16-20;/h22H,3-16H2,1H3;/b18-17+;. The molecule has 149 valence electrons. The van der Waals surface area contributed by atoms with E-state index in [1.54, 1.807) is 0 Å². The molecule has 0 aliphatic heterocycles. The summed E-state index contributed by atoms with van der Waals surface area (Å²) in [5, 5.41) is 9.33. The number of aliphatic hydroxyl groups excluding tert-OH is 1. The summed E-state index contributed by atoms with van der Waals surface area (Å²) in [5.41, 5.74) is -0.413. The third-order valence-corrected chi connectivity index (χ3v) is 4.19. The summed E-state index contributed by atoms with van der Waals surface area (Å²) in [6.07, 6.45) is 14.9. The summed E-state index contributed by atoms with van der Waals surface area (Å²) in [6, 6.07) is 0. The maximum absolute atomic E-state index is 11.6. The van der Waals surface area contributed by atoms with Crippen LogP contribution in [0.3, 0.4) is 0 Å². The van der Waals surface area contributed by atoms with Crippen LogP contribution >= 0.6 is 11.6 Å². The molecule has 4 nitrogen and oxygen atoms in total. The number of carbonyl (C=O) groups is 1. The molecule has 0 amide bonds. The smallest absolute Gasteiger partial charge is 0.339 e. The minimum absolute atomic E-state index is 0. The van der Waals surface area contributed by atoms with E-state index in [1.165, 1.54) is 57.8 Å². The molecule has 0 saturated heterocycles. The Labute approximate surface area is 168 Å². The fourth-order valence-corrected chi connectivity index (χ4v) is 2.59. The number of nitrogens with zero attached hydrogens (tertiary/aromatic N) is 1. The maximum Gasteiger partial charge on any atom is 0.339 e. The van der Waals surface area contributed by atoms with Crippen LogP contribution in [0.1, 0.15) is 84.0 Å². The molecule has 1 radical (unpaired) electrons. The summed E-state index contributed by atoms with van der Waals surface area (Å²) in [7, 11) is 0. The maximum atomic E-state index is 11.6. The Morgan fingerprint density at radius 2 is 1.40 bits per heavy atom.